The van der Waals surface area contributed by atoms with Gasteiger partial charge in [0.05, 0.1) is 48.1 Å². The van der Waals surface area contributed by atoms with Crippen LogP contribution in [0, 0.1) is 0 Å². The lowest BCUT2D eigenvalue weighted by Crippen LogP contribution is -2.10. The molecule has 5 nitrogen and oxygen atoms in total. The van der Waals surface area contributed by atoms with Crippen molar-refractivity contribution in [2.24, 2.45) is 0 Å². The van der Waals surface area contributed by atoms with Crippen molar-refractivity contribution >= 4 is 43.6 Å². The summed E-state index contributed by atoms with van der Waals surface area (Å²) >= 11 is 0. The van der Waals surface area contributed by atoms with Gasteiger partial charge in [0, 0.05) is 27.1 Å². The van der Waals surface area contributed by atoms with Crippen molar-refractivity contribution in [3.63, 3.8) is 0 Å². The normalized spacial score (nSPS) is 19.4. The van der Waals surface area contributed by atoms with E-state index >= 15 is 0 Å². The Morgan fingerprint density at radius 1 is 0.475 bits per heavy atom. The molecule has 0 amide bonds. The van der Waals surface area contributed by atoms with Crippen LogP contribution in [-0.4, -0.2) is 24.1 Å². The van der Waals surface area contributed by atoms with Crippen LogP contribution in [0.2, 0.25) is 0 Å². The Morgan fingerprint density at radius 2 is 0.950 bits per heavy atom. The summed E-state index contributed by atoms with van der Waals surface area (Å²) in [5.74, 6) is -1.71. The van der Waals surface area contributed by atoms with Crippen LogP contribution in [0.15, 0.2) is 115 Å². The Kier molecular flexibility index (Phi) is 2.10. The second-order valence-electron chi connectivity index (χ2n) is 9.03. The first kappa shape index (κ1) is 10.4. The Labute approximate surface area is 256 Å². The fourth-order valence-electron chi connectivity index (χ4n) is 5.30. The van der Waals surface area contributed by atoms with Crippen molar-refractivity contribution in [3.8, 4) is 23.3 Å². The van der Waals surface area contributed by atoms with Crippen LogP contribution in [-0.2, 0) is 12.8 Å². The summed E-state index contributed by atoms with van der Waals surface area (Å²) in [6, 6.07) is -12.5. The average molecular weight is 533 g/mol. The van der Waals surface area contributed by atoms with Crippen molar-refractivity contribution in [1.29, 1.82) is 0 Å². The first-order valence-corrected chi connectivity index (χ1v) is 12.1. The molecular formula is C35H23N5. The molecule has 0 fully saturated rings. The predicted molar refractivity (Wildman–Crippen MR) is 161 cm³/mol. The predicted octanol–water partition coefficient (Wildman–Crippen LogP) is 7.83. The van der Waals surface area contributed by atoms with Crippen molar-refractivity contribution in [2.45, 2.75) is 12.8 Å². The first-order valence-electron chi connectivity index (χ1n) is 21.6. The molecule has 8 aromatic rings. The van der Waals surface area contributed by atoms with E-state index in [1.54, 1.807) is 0 Å². The Morgan fingerprint density at radius 3 is 1.50 bits per heavy atom. The smallest absolute Gasteiger partial charge is 0.240 e. The molecule has 9 rings (SSSR count). The number of fused-ring (bicyclic) bond motifs is 10. The zero-order valence-corrected chi connectivity index (χ0v) is 20.2. The van der Waals surface area contributed by atoms with Crippen LogP contribution in [0.4, 0.5) is 0 Å². The number of benzene rings is 5. The molecule has 0 atom stereocenters. The summed E-state index contributed by atoms with van der Waals surface area (Å²) in [5, 5.41) is -0.866. The maximum absolute atomic E-state index is 9.14. The molecule has 3 aromatic heterocycles. The van der Waals surface area contributed by atoms with E-state index < -0.39 is 138 Å². The molecule has 5 aromatic carbocycles. The Bertz CT molecular complexity index is 3130. The molecule has 0 spiro atoms. The highest BCUT2D eigenvalue weighted by atomic mass is 15.3. The van der Waals surface area contributed by atoms with E-state index in [-0.39, 0.29) is 67.6 Å². The van der Waals surface area contributed by atoms with Crippen LogP contribution < -0.4 is 0 Å². The molecule has 0 saturated carbocycles. The van der Waals surface area contributed by atoms with Crippen LogP contribution in [0.3, 0.4) is 0 Å². The van der Waals surface area contributed by atoms with E-state index in [1.165, 1.54) is 0 Å². The third kappa shape index (κ3) is 2.94. The topological polar surface area (TPSA) is 48.5 Å². The SMILES string of the molecule is [2H]c1c([2H])c([2H])c(-c2nc3nc(n2)-n2c4c([2H])c([2H])c([2H])c([2H])c4c4c([2H])c([2H])c([2H])c(c42)CCc2c([2H])c([2H])c([2H])c4c5c([2H])c([2H])c([2H])c([2H])c5n-3c24)c([2H])c1[2H]. The number of rotatable bonds is 1. The molecule has 0 saturated heterocycles. The molecular weight excluding hydrogens is 490 g/mol. The quantitative estimate of drug-likeness (QED) is 0.216. The highest BCUT2D eigenvalue weighted by Gasteiger charge is 2.23. The fraction of sp³-hybridized carbons (Fsp3) is 0.0571. The minimum Gasteiger partial charge on any atom is -0.277 e. The third-order valence-electron chi connectivity index (χ3n) is 6.94. The Hall–Kier alpha value is -5.29. The number of aryl methyl sites for hydroxylation is 2. The van der Waals surface area contributed by atoms with E-state index in [4.69, 9.17) is 31.0 Å². The van der Waals surface area contributed by atoms with Gasteiger partial charge < -0.3 is 0 Å². The molecule has 40 heavy (non-hydrogen) atoms. The average Bonchev–Trinajstić information content (AvgIpc) is 3.76. The minimum atomic E-state index is -0.773. The highest BCUT2D eigenvalue weighted by molar-refractivity contribution is 6.11. The van der Waals surface area contributed by atoms with E-state index in [0.29, 0.717) is 0 Å². The van der Waals surface area contributed by atoms with Gasteiger partial charge in [0.1, 0.15) is 0 Å². The molecule has 0 unspecified atom stereocenters. The standard InChI is InChI=1S/C35H23N5/c1-2-10-24(11-3-1)33-36-34-38-35(37-33)40-30-19-7-5-15-26(30)28-17-9-13-23(32(28)40)21-20-22-12-8-16-27-25-14-4-6-18-29(25)39(34)31(22)27/h1-19H,20-21H2/i1D,2D,3D,4D,5D,6D,7D,8D,9D,10D,11D,12D,13D,14D,15D,16D,17D,18D,19D. The van der Waals surface area contributed by atoms with Gasteiger partial charge in [-0.05, 0) is 36.1 Å². The van der Waals surface area contributed by atoms with Gasteiger partial charge >= 0.3 is 0 Å². The summed E-state index contributed by atoms with van der Waals surface area (Å²) < 4.78 is 169. The van der Waals surface area contributed by atoms with E-state index in [1.807, 2.05) is 0 Å². The molecule has 0 radical (unpaired) electrons. The second-order valence-corrected chi connectivity index (χ2v) is 9.03. The zero-order chi connectivity index (χ0) is 42.7. The molecule has 4 heterocycles. The largest absolute Gasteiger partial charge is 0.277 e. The zero-order valence-electron chi connectivity index (χ0n) is 39.2. The third-order valence-corrected chi connectivity index (χ3v) is 6.94. The van der Waals surface area contributed by atoms with E-state index in [2.05, 4.69) is 9.97 Å². The van der Waals surface area contributed by atoms with Crippen molar-refractivity contribution < 1.29 is 26.0 Å². The van der Waals surface area contributed by atoms with Crippen molar-refractivity contribution in [3.05, 3.63) is 126 Å². The summed E-state index contributed by atoms with van der Waals surface area (Å²) in [4.78, 5) is 13.8. The summed E-state index contributed by atoms with van der Waals surface area (Å²) in [7, 11) is 0. The molecule has 2 bridgehead atoms. The lowest BCUT2D eigenvalue weighted by atomic mass is 10.00. The number of hydrogen-bond acceptors (Lipinski definition) is 3. The lowest BCUT2D eigenvalue weighted by molar-refractivity contribution is 0.892. The molecule has 1 aliphatic rings. The van der Waals surface area contributed by atoms with Gasteiger partial charge in [0.2, 0.25) is 11.9 Å². The van der Waals surface area contributed by atoms with Gasteiger partial charge in [-0.2, -0.15) is 15.0 Å². The van der Waals surface area contributed by atoms with E-state index in [0.717, 1.165) is 9.13 Å². The molecule has 0 aliphatic carbocycles. The van der Waals surface area contributed by atoms with E-state index in [9.17, 15) is 0 Å². The lowest BCUT2D eigenvalue weighted by Gasteiger charge is -2.13. The maximum Gasteiger partial charge on any atom is 0.240 e. The molecule has 188 valence electrons. The number of nitrogens with zero attached hydrogens (tertiary/aromatic N) is 5. The van der Waals surface area contributed by atoms with Gasteiger partial charge in [-0.3, -0.25) is 9.13 Å². The number of aromatic nitrogens is 5. The fourth-order valence-corrected chi connectivity index (χ4v) is 5.30. The van der Waals surface area contributed by atoms with Crippen molar-refractivity contribution in [2.75, 3.05) is 0 Å². The molecule has 0 N–H and O–H groups in total. The minimum absolute atomic E-state index is 0.0248. The summed E-state index contributed by atoms with van der Waals surface area (Å²) in [6.07, 6.45) is -0.541. The number of hydrogen-bond donors (Lipinski definition) is 0. The van der Waals surface area contributed by atoms with Gasteiger partial charge in [0.25, 0.3) is 0 Å². The van der Waals surface area contributed by atoms with Crippen LogP contribution in [0.1, 0.15) is 37.2 Å². The first-order chi connectivity index (χ1) is 27.7. The second kappa shape index (κ2) is 8.10. The highest BCUT2D eigenvalue weighted by Crippen LogP contribution is 2.38. The van der Waals surface area contributed by atoms with Gasteiger partial charge in [0.15, 0.2) is 5.82 Å². The van der Waals surface area contributed by atoms with Crippen LogP contribution in [0.5, 0.6) is 0 Å². The Balaban J connectivity index is 1.64. The maximum atomic E-state index is 9.14. The van der Waals surface area contributed by atoms with Gasteiger partial charge in [-0.1, -0.05) is 103 Å². The summed E-state index contributed by atoms with van der Waals surface area (Å²) in [6.45, 7) is 0. The number of para-hydroxylation sites is 4. The van der Waals surface area contributed by atoms with Crippen molar-refractivity contribution in [1.82, 2.24) is 24.1 Å². The molecule has 5 heteroatoms. The van der Waals surface area contributed by atoms with Gasteiger partial charge in [-0.25, -0.2) is 0 Å². The molecule has 1 aliphatic heterocycles. The summed E-state index contributed by atoms with van der Waals surface area (Å²) in [5.41, 5.74) is -1.49. The van der Waals surface area contributed by atoms with Gasteiger partial charge in [-0.15, -0.1) is 0 Å². The monoisotopic (exact) mass is 532 g/mol. The van der Waals surface area contributed by atoms with Crippen LogP contribution in [0.25, 0.3) is 66.9 Å². The van der Waals surface area contributed by atoms with Crippen LogP contribution >= 0.6 is 0 Å².